The first kappa shape index (κ1) is 72.4. The Balaban J connectivity index is 4.20. The molecule has 0 radical (unpaired) electrons. The van der Waals surface area contributed by atoms with Gasteiger partial charge in [0.05, 0.1) is 0 Å². The maximum Gasteiger partial charge on any atom is 0.306 e. The highest BCUT2D eigenvalue weighted by Crippen LogP contribution is 2.17. The highest BCUT2D eigenvalue weighted by Gasteiger charge is 2.19. The van der Waals surface area contributed by atoms with E-state index in [1.54, 1.807) is 0 Å². The Bertz CT molecular complexity index is 1300. The second-order valence-electron chi connectivity index (χ2n) is 22.4. The van der Waals surface area contributed by atoms with Gasteiger partial charge in [0, 0.05) is 19.3 Å². The summed E-state index contributed by atoms with van der Waals surface area (Å²) in [6.07, 6.45) is 79.8. The number of carbonyl (C=O) groups excluding carboxylic acids is 3. The summed E-state index contributed by atoms with van der Waals surface area (Å²) in [4.78, 5) is 38.3. The number of carbonyl (C=O) groups is 3. The molecular formula is C69H126O6. The molecule has 6 heteroatoms. The molecule has 0 aliphatic heterocycles. The van der Waals surface area contributed by atoms with Crippen LogP contribution in [-0.2, 0) is 28.6 Å². The predicted molar refractivity (Wildman–Crippen MR) is 325 cm³/mol. The summed E-state index contributed by atoms with van der Waals surface area (Å²) in [6, 6.07) is 0. The average Bonchev–Trinajstić information content (AvgIpc) is 3.41. The number of allylic oxidation sites excluding steroid dienone is 8. The van der Waals surface area contributed by atoms with Crippen LogP contribution in [-0.4, -0.2) is 37.2 Å². The van der Waals surface area contributed by atoms with Crippen LogP contribution in [0.5, 0.6) is 0 Å². The molecule has 0 fully saturated rings. The molecule has 0 bridgehead atoms. The minimum absolute atomic E-state index is 0.0704. The van der Waals surface area contributed by atoms with Crippen molar-refractivity contribution in [2.45, 2.75) is 361 Å². The van der Waals surface area contributed by atoms with E-state index in [4.69, 9.17) is 14.2 Å². The fraction of sp³-hybridized carbons (Fsp3) is 0.841. The van der Waals surface area contributed by atoms with Gasteiger partial charge in [-0.3, -0.25) is 14.4 Å². The van der Waals surface area contributed by atoms with Crippen molar-refractivity contribution >= 4 is 17.9 Å². The van der Waals surface area contributed by atoms with E-state index in [0.717, 1.165) is 70.6 Å². The molecule has 0 aromatic rings. The van der Waals surface area contributed by atoms with Gasteiger partial charge in [0.2, 0.25) is 0 Å². The number of esters is 3. The van der Waals surface area contributed by atoms with Crippen molar-refractivity contribution in [2.75, 3.05) is 13.2 Å². The van der Waals surface area contributed by atoms with Crippen LogP contribution < -0.4 is 0 Å². The van der Waals surface area contributed by atoms with E-state index in [-0.39, 0.29) is 31.1 Å². The average molecular weight is 1050 g/mol. The normalized spacial score (nSPS) is 12.3. The van der Waals surface area contributed by atoms with Gasteiger partial charge in [0.25, 0.3) is 0 Å². The molecule has 0 aromatic heterocycles. The molecule has 0 aromatic carbocycles. The van der Waals surface area contributed by atoms with Gasteiger partial charge in [-0.2, -0.15) is 0 Å². The Morgan fingerprint density at radius 1 is 0.267 bits per heavy atom. The number of unbranched alkanes of at least 4 members (excludes halogenated alkanes) is 42. The van der Waals surface area contributed by atoms with Gasteiger partial charge in [-0.15, -0.1) is 0 Å². The molecule has 0 saturated carbocycles. The molecule has 0 heterocycles. The van der Waals surface area contributed by atoms with Crippen LogP contribution >= 0.6 is 0 Å². The monoisotopic (exact) mass is 1050 g/mol. The highest BCUT2D eigenvalue weighted by molar-refractivity contribution is 5.71. The molecule has 1 atom stereocenters. The summed E-state index contributed by atoms with van der Waals surface area (Å²) >= 11 is 0. The Kier molecular flexibility index (Phi) is 61.7. The number of hydrogen-bond acceptors (Lipinski definition) is 6. The lowest BCUT2D eigenvalue weighted by molar-refractivity contribution is -0.167. The van der Waals surface area contributed by atoms with Crippen LogP contribution in [0.25, 0.3) is 0 Å². The van der Waals surface area contributed by atoms with Gasteiger partial charge >= 0.3 is 17.9 Å². The second-order valence-corrected chi connectivity index (χ2v) is 22.4. The molecule has 0 amide bonds. The zero-order valence-electron chi connectivity index (χ0n) is 50.3. The summed E-state index contributed by atoms with van der Waals surface area (Å²) in [5.41, 5.74) is 0. The Morgan fingerprint density at radius 2 is 0.480 bits per heavy atom. The summed E-state index contributed by atoms with van der Waals surface area (Å²) < 4.78 is 16.9. The molecule has 0 saturated heterocycles. The van der Waals surface area contributed by atoms with Gasteiger partial charge in [-0.1, -0.05) is 301 Å². The van der Waals surface area contributed by atoms with Crippen LogP contribution in [0.4, 0.5) is 0 Å². The molecule has 438 valence electrons. The van der Waals surface area contributed by atoms with Crippen LogP contribution in [0.1, 0.15) is 355 Å². The van der Waals surface area contributed by atoms with E-state index in [9.17, 15) is 14.4 Å². The second kappa shape index (κ2) is 63.9. The third-order valence-corrected chi connectivity index (χ3v) is 14.8. The first-order valence-corrected chi connectivity index (χ1v) is 33.1. The van der Waals surface area contributed by atoms with E-state index in [1.165, 1.54) is 244 Å². The third kappa shape index (κ3) is 62.1. The quantitative estimate of drug-likeness (QED) is 0.0261. The van der Waals surface area contributed by atoms with Crippen molar-refractivity contribution < 1.29 is 28.6 Å². The maximum atomic E-state index is 12.9. The zero-order valence-corrected chi connectivity index (χ0v) is 50.3. The van der Waals surface area contributed by atoms with E-state index in [0.29, 0.717) is 19.3 Å². The Hall–Kier alpha value is -2.63. The van der Waals surface area contributed by atoms with Crippen molar-refractivity contribution in [2.24, 2.45) is 0 Å². The largest absolute Gasteiger partial charge is 0.462 e. The number of ether oxygens (including phenoxy) is 3. The standard InChI is InChI=1S/C69H126O6/c1-4-7-10-13-16-19-22-24-26-28-30-31-32-33-34-35-36-37-39-40-42-44-47-50-53-56-59-62-68(71)74-65-66(64-73-67(70)61-58-55-52-49-46-21-18-15-12-9-6-3)75-69(72)63-60-57-54-51-48-45-43-41-38-29-27-25-23-20-17-14-11-8-5-2/h17,20,22,24-25,27-28,30,66H,4-16,18-19,21,23,26,29,31-65H2,1-3H3/b20-17-,24-22-,27-25-,30-28-. The Labute approximate surface area is 467 Å². The van der Waals surface area contributed by atoms with Crippen LogP contribution in [0, 0.1) is 0 Å². The van der Waals surface area contributed by atoms with E-state index < -0.39 is 6.10 Å². The minimum atomic E-state index is -0.773. The molecule has 1 unspecified atom stereocenters. The SMILES string of the molecule is CCCCC/C=C\C/C=C\CCCCCCCCCCCC(=O)OC(COC(=O)CCCCCCCCCCCCC)COC(=O)CCCCCCCCCCCCCCCCC/C=C\C/C=C\CCCCCCC. The van der Waals surface area contributed by atoms with E-state index >= 15 is 0 Å². The molecule has 0 spiro atoms. The number of rotatable bonds is 61. The van der Waals surface area contributed by atoms with E-state index in [2.05, 4.69) is 69.4 Å². The Morgan fingerprint density at radius 3 is 0.760 bits per heavy atom. The molecule has 0 aliphatic carbocycles. The summed E-state index contributed by atoms with van der Waals surface area (Å²) in [7, 11) is 0. The van der Waals surface area contributed by atoms with Crippen molar-refractivity contribution in [1.29, 1.82) is 0 Å². The van der Waals surface area contributed by atoms with Gasteiger partial charge in [-0.05, 0) is 83.5 Å². The molecule has 6 nitrogen and oxygen atoms in total. The predicted octanol–water partition coefficient (Wildman–Crippen LogP) is 22.6. The molecule has 0 aliphatic rings. The van der Waals surface area contributed by atoms with Gasteiger partial charge < -0.3 is 14.2 Å². The molecule has 75 heavy (non-hydrogen) atoms. The van der Waals surface area contributed by atoms with Crippen molar-refractivity contribution in [3.8, 4) is 0 Å². The van der Waals surface area contributed by atoms with E-state index in [1.807, 2.05) is 0 Å². The van der Waals surface area contributed by atoms with Crippen molar-refractivity contribution in [3.63, 3.8) is 0 Å². The fourth-order valence-corrected chi connectivity index (χ4v) is 9.80. The maximum absolute atomic E-state index is 12.9. The number of hydrogen-bond donors (Lipinski definition) is 0. The fourth-order valence-electron chi connectivity index (χ4n) is 9.80. The first-order chi connectivity index (χ1) is 37.0. The van der Waals surface area contributed by atoms with Crippen LogP contribution in [0.15, 0.2) is 48.6 Å². The van der Waals surface area contributed by atoms with Gasteiger partial charge in [0.15, 0.2) is 6.10 Å². The molecular weight excluding hydrogens is 925 g/mol. The third-order valence-electron chi connectivity index (χ3n) is 14.8. The zero-order chi connectivity index (χ0) is 54.3. The highest BCUT2D eigenvalue weighted by atomic mass is 16.6. The summed E-state index contributed by atoms with van der Waals surface area (Å²) in [6.45, 7) is 6.65. The minimum Gasteiger partial charge on any atom is -0.462 e. The molecule has 0 N–H and O–H groups in total. The smallest absolute Gasteiger partial charge is 0.306 e. The van der Waals surface area contributed by atoms with Crippen molar-refractivity contribution in [3.05, 3.63) is 48.6 Å². The summed E-state index contributed by atoms with van der Waals surface area (Å²) in [5, 5.41) is 0. The lowest BCUT2D eigenvalue weighted by Crippen LogP contribution is -2.30. The van der Waals surface area contributed by atoms with Crippen LogP contribution in [0.3, 0.4) is 0 Å². The lowest BCUT2D eigenvalue weighted by Gasteiger charge is -2.18. The lowest BCUT2D eigenvalue weighted by atomic mass is 10.0. The topological polar surface area (TPSA) is 78.9 Å². The molecule has 0 rings (SSSR count). The van der Waals surface area contributed by atoms with Gasteiger partial charge in [-0.25, -0.2) is 0 Å². The summed E-state index contributed by atoms with van der Waals surface area (Å²) in [5.74, 6) is -0.854. The first-order valence-electron chi connectivity index (χ1n) is 33.1. The van der Waals surface area contributed by atoms with Gasteiger partial charge in [0.1, 0.15) is 13.2 Å². The van der Waals surface area contributed by atoms with Crippen molar-refractivity contribution in [1.82, 2.24) is 0 Å². The van der Waals surface area contributed by atoms with Crippen LogP contribution in [0.2, 0.25) is 0 Å².